The fourth-order valence-electron chi connectivity index (χ4n) is 2.49. The molecule has 1 fully saturated rings. The summed E-state index contributed by atoms with van der Waals surface area (Å²) in [6.45, 7) is 0. The molecule has 0 aliphatic heterocycles. The Morgan fingerprint density at radius 1 is 1.37 bits per heavy atom. The van der Waals surface area contributed by atoms with Gasteiger partial charge in [0.2, 0.25) is 5.91 Å². The molecule has 3 nitrogen and oxygen atoms in total. The Labute approximate surface area is 114 Å². The first-order valence-electron chi connectivity index (χ1n) is 6.66. The van der Waals surface area contributed by atoms with Crippen molar-refractivity contribution < 1.29 is 4.79 Å². The lowest BCUT2D eigenvalue weighted by Gasteiger charge is -2.22. The molecule has 1 aromatic carbocycles. The minimum absolute atomic E-state index is 0.0136. The zero-order chi connectivity index (χ0) is 13.7. The number of rotatable bonds is 3. The third-order valence-corrected chi connectivity index (χ3v) is 3.71. The fraction of sp³-hybridized carbons (Fsp3) is 0.375. The molecule has 0 N–H and O–H groups in total. The summed E-state index contributed by atoms with van der Waals surface area (Å²) < 4.78 is 0. The van der Waals surface area contributed by atoms with Crippen molar-refractivity contribution in [2.45, 2.75) is 31.7 Å². The standard InChI is InChI=1S/C16H18N2O/c1-18(15-8-4-5-9-15)16(19)11-10-13-6-2-3-7-14(13)12-17/h2-3,6-7,10-11,15H,4-5,8-9H2,1H3/b11-10+. The normalized spacial score (nSPS) is 15.6. The van der Waals surface area contributed by atoms with Crippen LogP contribution in [-0.4, -0.2) is 23.9 Å². The number of carbonyl (C=O) groups is 1. The molecule has 1 aromatic rings. The summed E-state index contributed by atoms with van der Waals surface area (Å²) in [5.41, 5.74) is 1.38. The molecule has 0 atom stereocenters. The first kappa shape index (κ1) is 13.4. The van der Waals surface area contributed by atoms with E-state index in [4.69, 9.17) is 5.26 Å². The average Bonchev–Trinajstić information content (AvgIpc) is 2.98. The molecule has 0 bridgehead atoms. The van der Waals surface area contributed by atoms with Crippen LogP contribution in [0.4, 0.5) is 0 Å². The zero-order valence-corrected chi connectivity index (χ0v) is 11.2. The van der Waals surface area contributed by atoms with Gasteiger partial charge in [-0.1, -0.05) is 31.0 Å². The summed E-state index contributed by atoms with van der Waals surface area (Å²) in [4.78, 5) is 13.9. The molecule has 0 unspecified atom stereocenters. The minimum atomic E-state index is 0.0136. The van der Waals surface area contributed by atoms with Gasteiger partial charge in [0.1, 0.15) is 0 Å². The van der Waals surface area contributed by atoms with Gasteiger partial charge in [0.05, 0.1) is 11.6 Å². The van der Waals surface area contributed by atoms with Crippen LogP contribution in [0.3, 0.4) is 0 Å². The van der Waals surface area contributed by atoms with Crippen LogP contribution in [0.1, 0.15) is 36.8 Å². The van der Waals surface area contributed by atoms with Crippen molar-refractivity contribution in [1.29, 1.82) is 5.26 Å². The summed E-state index contributed by atoms with van der Waals surface area (Å²) in [5, 5.41) is 8.99. The highest BCUT2D eigenvalue weighted by atomic mass is 16.2. The second-order valence-electron chi connectivity index (χ2n) is 4.92. The Morgan fingerprint density at radius 3 is 2.74 bits per heavy atom. The number of amides is 1. The molecule has 1 amide bonds. The number of nitrogens with zero attached hydrogens (tertiary/aromatic N) is 2. The van der Waals surface area contributed by atoms with Crippen molar-refractivity contribution in [1.82, 2.24) is 4.90 Å². The van der Waals surface area contributed by atoms with Gasteiger partial charge in [0.25, 0.3) is 0 Å². The molecule has 98 valence electrons. The van der Waals surface area contributed by atoms with Gasteiger partial charge in [0, 0.05) is 19.2 Å². The molecule has 0 radical (unpaired) electrons. The lowest BCUT2D eigenvalue weighted by Crippen LogP contribution is -2.33. The van der Waals surface area contributed by atoms with E-state index in [1.54, 1.807) is 18.2 Å². The van der Waals surface area contributed by atoms with Crippen molar-refractivity contribution in [3.05, 3.63) is 41.5 Å². The fourth-order valence-corrected chi connectivity index (χ4v) is 2.49. The third-order valence-electron chi connectivity index (χ3n) is 3.71. The minimum Gasteiger partial charge on any atom is -0.339 e. The number of hydrogen-bond donors (Lipinski definition) is 0. The maximum atomic E-state index is 12.1. The number of benzene rings is 1. The quantitative estimate of drug-likeness (QED) is 0.778. The summed E-state index contributed by atoms with van der Waals surface area (Å²) in [5.74, 6) is 0.0136. The highest BCUT2D eigenvalue weighted by molar-refractivity contribution is 5.92. The van der Waals surface area contributed by atoms with E-state index in [1.165, 1.54) is 12.8 Å². The summed E-state index contributed by atoms with van der Waals surface area (Å²) in [7, 11) is 1.86. The lowest BCUT2D eigenvalue weighted by molar-refractivity contribution is -0.126. The average molecular weight is 254 g/mol. The summed E-state index contributed by atoms with van der Waals surface area (Å²) in [6, 6.07) is 9.79. The molecule has 19 heavy (non-hydrogen) atoms. The van der Waals surface area contributed by atoms with Crippen LogP contribution in [0.15, 0.2) is 30.3 Å². The maximum Gasteiger partial charge on any atom is 0.246 e. The Bertz CT molecular complexity index is 522. The van der Waals surface area contributed by atoms with E-state index in [9.17, 15) is 4.79 Å². The number of carbonyl (C=O) groups excluding carboxylic acids is 1. The molecule has 0 saturated heterocycles. The molecular formula is C16H18N2O. The number of likely N-dealkylation sites (N-methyl/N-ethyl adjacent to an activating group) is 1. The smallest absolute Gasteiger partial charge is 0.246 e. The first-order chi connectivity index (χ1) is 9.22. The van der Waals surface area contributed by atoms with Gasteiger partial charge < -0.3 is 4.90 Å². The number of hydrogen-bond acceptors (Lipinski definition) is 2. The van der Waals surface area contributed by atoms with Gasteiger partial charge in [0.15, 0.2) is 0 Å². The van der Waals surface area contributed by atoms with Gasteiger partial charge >= 0.3 is 0 Å². The van der Waals surface area contributed by atoms with E-state index < -0.39 is 0 Å². The van der Waals surface area contributed by atoms with E-state index in [-0.39, 0.29) is 5.91 Å². The van der Waals surface area contributed by atoms with E-state index in [1.807, 2.05) is 30.1 Å². The topological polar surface area (TPSA) is 44.1 Å². The van der Waals surface area contributed by atoms with Crippen LogP contribution in [-0.2, 0) is 4.79 Å². The second-order valence-corrected chi connectivity index (χ2v) is 4.92. The number of nitriles is 1. The van der Waals surface area contributed by atoms with E-state index in [0.717, 1.165) is 18.4 Å². The van der Waals surface area contributed by atoms with Crippen molar-refractivity contribution in [2.75, 3.05) is 7.05 Å². The SMILES string of the molecule is CN(C(=O)/C=C/c1ccccc1C#N)C1CCCC1. The second kappa shape index (κ2) is 6.19. The third kappa shape index (κ3) is 3.23. The Morgan fingerprint density at radius 2 is 2.05 bits per heavy atom. The molecule has 0 spiro atoms. The van der Waals surface area contributed by atoms with Crippen LogP contribution >= 0.6 is 0 Å². The van der Waals surface area contributed by atoms with E-state index >= 15 is 0 Å². The van der Waals surface area contributed by atoms with Crippen LogP contribution in [0.5, 0.6) is 0 Å². The lowest BCUT2D eigenvalue weighted by atomic mass is 10.1. The summed E-state index contributed by atoms with van der Waals surface area (Å²) >= 11 is 0. The van der Waals surface area contributed by atoms with Crippen LogP contribution in [0, 0.1) is 11.3 Å². The van der Waals surface area contributed by atoms with Gasteiger partial charge in [-0.2, -0.15) is 5.26 Å². The van der Waals surface area contributed by atoms with Crippen molar-refractivity contribution >= 4 is 12.0 Å². The van der Waals surface area contributed by atoms with Gasteiger partial charge in [-0.05, 0) is 30.5 Å². The highest BCUT2D eigenvalue weighted by Crippen LogP contribution is 2.22. The molecule has 0 aromatic heterocycles. The van der Waals surface area contributed by atoms with Gasteiger partial charge in [-0.25, -0.2) is 0 Å². The first-order valence-corrected chi connectivity index (χ1v) is 6.66. The van der Waals surface area contributed by atoms with Crippen LogP contribution in [0.25, 0.3) is 6.08 Å². The predicted molar refractivity (Wildman–Crippen MR) is 75.2 cm³/mol. The summed E-state index contributed by atoms with van der Waals surface area (Å²) in [6.07, 6.45) is 7.92. The predicted octanol–water partition coefficient (Wildman–Crippen LogP) is 2.97. The van der Waals surface area contributed by atoms with Crippen LogP contribution < -0.4 is 0 Å². The largest absolute Gasteiger partial charge is 0.339 e. The molecule has 1 aliphatic rings. The van der Waals surface area contributed by atoms with Gasteiger partial charge in [-0.3, -0.25) is 4.79 Å². The Hall–Kier alpha value is -2.08. The Kier molecular flexibility index (Phi) is 4.35. The van der Waals surface area contributed by atoms with Crippen LogP contribution in [0.2, 0.25) is 0 Å². The highest BCUT2D eigenvalue weighted by Gasteiger charge is 2.21. The van der Waals surface area contributed by atoms with Crippen molar-refractivity contribution in [3.8, 4) is 6.07 Å². The molecule has 1 aliphatic carbocycles. The molecule has 0 heterocycles. The van der Waals surface area contributed by atoms with E-state index in [2.05, 4.69) is 6.07 Å². The van der Waals surface area contributed by atoms with E-state index in [0.29, 0.717) is 11.6 Å². The molecular weight excluding hydrogens is 236 g/mol. The van der Waals surface area contributed by atoms with Crippen molar-refractivity contribution in [2.24, 2.45) is 0 Å². The molecule has 2 rings (SSSR count). The monoisotopic (exact) mass is 254 g/mol. The molecule has 3 heteroatoms. The zero-order valence-electron chi connectivity index (χ0n) is 11.2. The maximum absolute atomic E-state index is 12.1. The molecule has 1 saturated carbocycles. The Balaban J connectivity index is 2.05. The van der Waals surface area contributed by atoms with Gasteiger partial charge in [-0.15, -0.1) is 0 Å². The van der Waals surface area contributed by atoms with Crippen molar-refractivity contribution in [3.63, 3.8) is 0 Å².